The second-order valence-corrected chi connectivity index (χ2v) is 13.8. The first kappa shape index (κ1) is 30.4. The van der Waals surface area contributed by atoms with Crippen molar-refractivity contribution in [2.75, 3.05) is 6.61 Å². The molecule has 0 bridgehead atoms. The van der Waals surface area contributed by atoms with E-state index in [-0.39, 0.29) is 12.4 Å². The van der Waals surface area contributed by atoms with Crippen LogP contribution in [-0.4, -0.2) is 27.0 Å². The van der Waals surface area contributed by atoms with Crippen molar-refractivity contribution in [3.63, 3.8) is 0 Å². The molecule has 0 aliphatic rings. The molecule has 8 rings (SSSR count). The lowest BCUT2D eigenvalue weighted by Crippen LogP contribution is -2.31. The Morgan fingerprint density at radius 2 is 1.14 bits per heavy atom. The first-order valence-corrected chi connectivity index (χ1v) is 17.7. The molecule has 6 aromatic carbocycles. The van der Waals surface area contributed by atoms with Gasteiger partial charge in [-0.05, 0) is 41.3 Å². The Bertz CT molecular complexity index is 2380. The van der Waals surface area contributed by atoms with Crippen LogP contribution < -0.4 is 16.0 Å². The third kappa shape index (κ3) is 5.20. The van der Waals surface area contributed by atoms with Crippen molar-refractivity contribution in [2.45, 2.75) is 6.92 Å². The van der Waals surface area contributed by atoms with E-state index in [2.05, 4.69) is 119 Å². The summed E-state index contributed by atoms with van der Waals surface area (Å²) < 4.78 is 10.1. The second-order valence-electron chi connectivity index (χ2n) is 11.7. The molecule has 0 amide bonds. The highest BCUT2D eigenvalue weighted by Crippen LogP contribution is 2.45. The smallest absolute Gasteiger partial charge is 0.341 e. The van der Waals surface area contributed by atoms with Crippen molar-refractivity contribution in [3.8, 4) is 28.1 Å². The second kappa shape index (κ2) is 13.0. The van der Waals surface area contributed by atoms with E-state index in [0.29, 0.717) is 22.2 Å². The van der Waals surface area contributed by atoms with E-state index in [1.807, 2.05) is 48.5 Å². The van der Waals surface area contributed by atoms with Gasteiger partial charge in [0.05, 0.1) is 39.7 Å². The number of phenolic OH excluding ortho intramolecular Hbond substituents is 1. The maximum atomic E-state index is 14.0. The van der Waals surface area contributed by atoms with E-state index in [9.17, 15) is 9.90 Å². The summed E-state index contributed by atoms with van der Waals surface area (Å²) in [6.07, 6.45) is 0. The third-order valence-electron chi connectivity index (χ3n) is 8.80. The molecule has 5 nitrogen and oxygen atoms in total. The molecule has 238 valence electrons. The quantitative estimate of drug-likeness (QED) is 0.131. The topological polar surface area (TPSA) is 56.4 Å². The van der Waals surface area contributed by atoms with Crippen molar-refractivity contribution in [3.05, 3.63) is 169 Å². The Balaban J connectivity index is 1.63. The van der Waals surface area contributed by atoms with E-state index in [1.54, 1.807) is 13.0 Å². The van der Waals surface area contributed by atoms with Gasteiger partial charge in [0.2, 0.25) is 0 Å². The van der Waals surface area contributed by atoms with Crippen LogP contribution >= 0.6 is 7.92 Å². The third-order valence-corrected chi connectivity index (χ3v) is 11.3. The highest BCUT2D eigenvalue weighted by Gasteiger charge is 2.33. The highest BCUT2D eigenvalue weighted by atomic mass is 31.1. The number of nitrogens with zero attached hydrogens (tertiary/aromatic N) is 2. The van der Waals surface area contributed by atoms with Crippen molar-refractivity contribution < 1.29 is 14.6 Å². The summed E-state index contributed by atoms with van der Waals surface area (Å²) in [6, 6.07) is 55.7. The zero-order chi connectivity index (χ0) is 33.3. The van der Waals surface area contributed by atoms with Gasteiger partial charge in [-0.15, -0.1) is 0 Å². The average Bonchev–Trinajstić information content (AvgIpc) is 3.67. The molecule has 49 heavy (non-hydrogen) atoms. The van der Waals surface area contributed by atoms with Crippen molar-refractivity contribution in [1.82, 2.24) is 9.35 Å². The van der Waals surface area contributed by atoms with Crippen LogP contribution in [-0.2, 0) is 4.74 Å². The maximum absolute atomic E-state index is 14.0. The lowest BCUT2D eigenvalue weighted by Gasteiger charge is -2.25. The zero-order valence-corrected chi connectivity index (χ0v) is 27.8. The van der Waals surface area contributed by atoms with Gasteiger partial charge in [-0.1, -0.05) is 146 Å². The molecule has 2 aromatic heterocycles. The molecule has 0 radical (unpaired) electrons. The van der Waals surface area contributed by atoms with Crippen LogP contribution in [0, 0.1) is 0 Å². The number of hydrogen-bond acceptors (Lipinski definition) is 3. The van der Waals surface area contributed by atoms with Crippen molar-refractivity contribution in [1.29, 1.82) is 0 Å². The minimum absolute atomic E-state index is 0.0196. The minimum atomic E-state index is -1.18. The van der Waals surface area contributed by atoms with E-state index >= 15 is 0 Å². The first-order chi connectivity index (χ1) is 24.2. The number of phenols is 1. The standard InChI is InChI=1S/C43H33N2O3P/c1-2-48-43(47)40-39-36(28-17-29-37(39)46)44(41(40)31-20-9-4-10-21-31)45-35-27-16-15-26-34(35)38(30-18-7-3-8-19-30)42(45)49(32-22-11-5-12-23-32)33-24-13-6-14-25-33/h3-29,46H,2H2,1H3. The van der Waals surface area contributed by atoms with Crippen molar-refractivity contribution >= 4 is 51.7 Å². The average molecular weight is 657 g/mol. The molecule has 0 spiro atoms. The molecule has 0 unspecified atom stereocenters. The molecule has 0 atom stereocenters. The molecule has 0 saturated carbocycles. The fourth-order valence-corrected chi connectivity index (χ4v) is 9.42. The number of rotatable bonds is 8. The molecular weight excluding hydrogens is 623 g/mol. The lowest BCUT2D eigenvalue weighted by molar-refractivity contribution is 0.0529. The normalized spacial score (nSPS) is 11.4. The van der Waals surface area contributed by atoms with Crippen LogP contribution in [0.15, 0.2) is 164 Å². The number of carbonyl (C=O) groups excluding carboxylic acids is 1. The van der Waals surface area contributed by atoms with Gasteiger partial charge in [-0.25, -0.2) is 14.1 Å². The van der Waals surface area contributed by atoms with Crippen LogP contribution in [0.3, 0.4) is 0 Å². The Labute approximate surface area is 286 Å². The highest BCUT2D eigenvalue weighted by molar-refractivity contribution is 7.80. The molecule has 0 aliphatic heterocycles. The van der Waals surface area contributed by atoms with Crippen molar-refractivity contribution in [2.24, 2.45) is 0 Å². The van der Waals surface area contributed by atoms with Gasteiger partial charge >= 0.3 is 5.97 Å². The first-order valence-electron chi connectivity index (χ1n) is 16.4. The molecule has 0 aliphatic carbocycles. The predicted molar refractivity (Wildman–Crippen MR) is 202 cm³/mol. The van der Waals surface area contributed by atoms with Gasteiger partial charge in [0.15, 0.2) is 0 Å². The van der Waals surface area contributed by atoms with Gasteiger partial charge in [-0.2, -0.15) is 0 Å². The van der Waals surface area contributed by atoms with Crippen LogP contribution in [0.2, 0.25) is 0 Å². The summed E-state index contributed by atoms with van der Waals surface area (Å²) >= 11 is 0. The number of hydrogen-bond donors (Lipinski definition) is 1. The Morgan fingerprint density at radius 3 is 1.76 bits per heavy atom. The Kier molecular flexibility index (Phi) is 8.04. The van der Waals surface area contributed by atoms with E-state index in [1.165, 1.54) is 10.6 Å². The molecule has 0 fully saturated rings. The van der Waals surface area contributed by atoms with Crippen LogP contribution in [0.4, 0.5) is 0 Å². The molecule has 2 heterocycles. The molecule has 1 N–H and O–H groups in total. The summed E-state index contributed by atoms with van der Waals surface area (Å²) in [5.74, 6) is -0.465. The zero-order valence-electron chi connectivity index (χ0n) is 26.9. The number of fused-ring (bicyclic) bond motifs is 2. The maximum Gasteiger partial charge on any atom is 0.341 e. The predicted octanol–water partition coefficient (Wildman–Crippen LogP) is 8.88. The van der Waals surface area contributed by atoms with Gasteiger partial charge < -0.3 is 9.84 Å². The number of para-hydroxylation sites is 1. The van der Waals surface area contributed by atoms with Gasteiger partial charge in [0, 0.05) is 24.4 Å². The van der Waals surface area contributed by atoms with Gasteiger partial charge in [0.25, 0.3) is 0 Å². The number of aromatic nitrogens is 2. The summed E-state index contributed by atoms with van der Waals surface area (Å²) in [6.45, 7) is 2.01. The van der Waals surface area contributed by atoms with Crippen LogP contribution in [0.25, 0.3) is 44.2 Å². The SMILES string of the molecule is CCOC(=O)c1c(-c2ccccc2)n(-n2c(P(c3ccccc3)c3ccccc3)c(-c3ccccc3)c3ccccc32)c2cccc(O)c12. The summed E-state index contributed by atoms with van der Waals surface area (Å²) in [7, 11) is -1.18. The van der Waals surface area contributed by atoms with E-state index in [0.717, 1.165) is 33.0 Å². The Morgan fingerprint density at radius 1 is 0.612 bits per heavy atom. The fourth-order valence-electron chi connectivity index (χ4n) is 6.83. The van der Waals surface area contributed by atoms with E-state index in [4.69, 9.17) is 4.74 Å². The number of benzene rings is 6. The molecule has 6 heteroatoms. The minimum Gasteiger partial charge on any atom is -0.507 e. The largest absolute Gasteiger partial charge is 0.507 e. The number of carbonyl (C=O) groups is 1. The number of aromatic hydroxyl groups is 1. The lowest BCUT2D eigenvalue weighted by atomic mass is 10.0. The summed E-state index contributed by atoms with van der Waals surface area (Å²) in [5, 5.41) is 15.4. The van der Waals surface area contributed by atoms with Gasteiger partial charge in [0.1, 0.15) is 5.75 Å². The number of esters is 1. The van der Waals surface area contributed by atoms with Crippen LogP contribution in [0.5, 0.6) is 5.75 Å². The fraction of sp³-hybridized carbons (Fsp3) is 0.0465. The monoisotopic (exact) mass is 656 g/mol. The molecular formula is C43H33N2O3P. The summed E-state index contributed by atoms with van der Waals surface area (Å²) in [4.78, 5) is 14.0. The summed E-state index contributed by atoms with van der Waals surface area (Å²) in [5.41, 5.74) is 6.78. The number of ether oxygens (including phenoxy) is 1. The van der Waals surface area contributed by atoms with E-state index < -0.39 is 13.9 Å². The molecule has 8 aromatic rings. The Hall–Kier alpha value is -5.90. The molecule has 0 saturated heterocycles. The van der Waals surface area contributed by atoms with Crippen LogP contribution in [0.1, 0.15) is 17.3 Å². The van der Waals surface area contributed by atoms with Gasteiger partial charge in [-0.3, -0.25) is 0 Å².